The van der Waals surface area contributed by atoms with Crippen LogP contribution >= 0.6 is 0 Å². The average molecular weight is 366 g/mol. The molecule has 3 aromatic rings. The van der Waals surface area contributed by atoms with Gasteiger partial charge in [0, 0.05) is 16.9 Å². The maximum absolute atomic E-state index is 12.4. The highest BCUT2D eigenvalue weighted by Crippen LogP contribution is 2.19. The Morgan fingerprint density at radius 2 is 1.35 bits per heavy atom. The van der Waals surface area contributed by atoms with Crippen LogP contribution in [0.15, 0.2) is 83.8 Å². The summed E-state index contributed by atoms with van der Waals surface area (Å²) in [4.78, 5) is 12.2. The van der Waals surface area contributed by atoms with E-state index in [4.69, 9.17) is 0 Å². The van der Waals surface area contributed by atoms with Gasteiger partial charge in [0.2, 0.25) is 0 Å². The van der Waals surface area contributed by atoms with E-state index < -0.39 is 10.0 Å². The van der Waals surface area contributed by atoms with Gasteiger partial charge in [-0.15, -0.1) is 0 Å². The molecule has 0 spiro atoms. The Morgan fingerprint density at radius 1 is 0.769 bits per heavy atom. The molecule has 0 saturated carbocycles. The second kappa shape index (κ2) is 7.41. The second-order valence-electron chi connectivity index (χ2n) is 5.82. The lowest BCUT2D eigenvalue weighted by atomic mass is 10.2. The summed E-state index contributed by atoms with van der Waals surface area (Å²) in [6.07, 6.45) is 0. The van der Waals surface area contributed by atoms with E-state index in [1.54, 1.807) is 48.5 Å². The van der Waals surface area contributed by atoms with Gasteiger partial charge in [-0.2, -0.15) is 0 Å². The van der Waals surface area contributed by atoms with E-state index in [1.165, 1.54) is 12.1 Å². The van der Waals surface area contributed by atoms with Crippen LogP contribution < -0.4 is 10.0 Å². The number of aryl methyl sites for hydroxylation is 1. The van der Waals surface area contributed by atoms with Crippen LogP contribution in [-0.2, 0) is 10.0 Å². The van der Waals surface area contributed by atoms with Crippen LogP contribution in [0.1, 0.15) is 15.9 Å². The Bertz CT molecular complexity index is 997. The fraction of sp³-hybridized carbons (Fsp3) is 0.0500. The largest absolute Gasteiger partial charge is 0.322 e. The first-order chi connectivity index (χ1) is 12.4. The highest BCUT2D eigenvalue weighted by Gasteiger charge is 2.14. The molecule has 0 aliphatic rings. The summed E-state index contributed by atoms with van der Waals surface area (Å²) < 4.78 is 27.4. The van der Waals surface area contributed by atoms with Crippen molar-refractivity contribution in [3.8, 4) is 0 Å². The molecule has 0 fully saturated rings. The SMILES string of the molecule is Cc1ccc(NS(=O)(=O)c2ccc(NC(=O)c3ccccc3)cc2)cc1. The van der Waals surface area contributed by atoms with Crippen LogP contribution in [0.2, 0.25) is 0 Å². The van der Waals surface area contributed by atoms with Gasteiger partial charge in [-0.3, -0.25) is 9.52 Å². The number of amides is 1. The van der Waals surface area contributed by atoms with Crippen LogP contribution in [0.3, 0.4) is 0 Å². The van der Waals surface area contributed by atoms with E-state index in [0.29, 0.717) is 16.9 Å². The highest BCUT2D eigenvalue weighted by atomic mass is 32.2. The number of sulfonamides is 1. The summed E-state index contributed by atoms with van der Waals surface area (Å²) in [7, 11) is -3.69. The number of hydrogen-bond donors (Lipinski definition) is 2. The van der Waals surface area contributed by atoms with Crippen LogP contribution in [0.5, 0.6) is 0 Å². The molecule has 3 aromatic carbocycles. The molecule has 0 heterocycles. The van der Waals surface area contributed by atoms with E-state index in [-0.39, 0.29) is 10.8 Å². The normalized spacial score (nSPS) is 11.0. The molecule has 2 N–H and O–H groups in total. The van der Waals surface area contributed by atoms with E-state index >= 15 is 0 Å². The van der Waals surface area contributed by atoms with Gasteiger partial charge < -0.3 is 5.32 Å². The molecule has 6 heteroatoms. The molecule has 3 rings (SSSR count). The molecule has 0 aliphatic carbocycles. The summed E-state index contributed by atoms with van der Waals surface area (Å²) in [6.45, 7) is 1.93. The summed E-state index contributed by atoms with van der Waals surface area (Å²) >= 11 is 0. The predicted molar refractivity (Wildman–Crippen MR) is 103 cm³/mol. The Balaban J connectivity index is 1.72. The number of hydrogen-bond acceptors (Lipinski definition) is 3. The van der Waals surface area contributed by atoms with Crippen molar-refractivity contribution >= 4 is 27.3 Å². The standard InChI is InChI=1S/C20H18N2O3S/c1-15-7-9-18(10-8-15)22-26(24,25)19-13-11-17(12-14-19)21-20(23)16-5-3-2-4-6-16/h2-14,22H,1H3,(H,21,23). The summed E-state index contributed by atoms with van der Waals surface area (Å²) in [5.41, 5.74) is 2.60. The maximum Gasteiger partial charge on any atom is 0.261 e. The van der Waals surface area contributed by atoms with Crippen molar-refractivity contribution in [3.05, 3.63) is 90.0 Å². The molecular formula is C20H18N2O3S. The third kappa shape index (κ3) is 4.29. The van der Waals surface area contributed by atoms with Gasteiger partial charge in [-0.05, 0) is 55.5 Å². The average Bonchev–Trinajstić information content (AvgIpc) is 2.64. The zero-order valence-corrected chi connectivity index (χ0v) is 15.0. The number of anilines is 2. The van der Waals surface area contributed by atoms with Crippen molar-refractivity contribution in [1.29, 1.82) is 0 Å². The van der Waals surface area contributed by atoms with E-state index in [2.05, 4.69) is 10.0 Å². The predicted octanol–water partition coefficient (Wildman–Crippen LogP) is 4.05. The summed E-state index contributed by atoms with van der Waals surface area (Å²) in [5.74, 6) is -0.251. The van der Waals surface area contributed by atoms with Crippen molar-refractivity contribution in [3.63, 3.8) is 0 Å². The number of carbonyl (C=O) groups is 1. The zero-order chi connectivity index (χ0) is 18.6. The van der Waals surface area contributed by atoms with Gasteiger partial charge in [0.1, 0.15) is 0 Å². The Morgan fingerprint density at radius 3 is 1.96 bits per heavy atom. The lowest BCUT2D eigenvalue weighted by Gasteiger charge is -2.10. The van der Waals surface area contributed by atoms with Crippen LogP contribution in [0, 0.1) is 6.92 Å². The third-order valence-electron chi connectivity index (χ3n) is 3.76. The maximum atomic E-state index is 12.4. The molecule has 26 heavy (non-hydrogen) atoms. The van der Waals surface area contributed by atoms with Crippen LogP contribution in [0.25, 0.3) is 0 Å². The van der Waals surface area contributed by atoms with Crippen molar-refractivity contribution in [2.75, 3.05) is 10.0 Å². The van der Waals surface area contributed by atoms with Crippen molar-refractivity contribution in [2.45, 2.75) is 11.8 Å². The Hall–Kier alpha value is -3.12. The highest BCUT2D eigenvalue weighted by molar-refractivity contribution is 7.92. The molecule has 1 amide bonds. The Labute approximate surface area is 152 Å². The van der Waals surface area contributed by atoms with Crippen LogP contribution in [-0.4, -0.2) is 14.3 Å². The first-order valence-electron chi connectivity index (χ1n) is 8.00. The fourth-order valence-corrected chi connectivity index (χ4v) is 3.40. The molecule has 0 aromatic heterocycles. The zero-order valence-electron chi connectivity index (χ0n) is 14.1. The first-order valence-corrected chi connectivity index (χ1v) is 9.48. The number of nitrogens with one attached hydrogen (secondary N) is 2. The molecule has 0 atom stereocenters. The summed E-state index contributed by atoms with van der Waals surface area (Å²) in [6, 6.07) is 21.9. The monoisotopic (exact) mass is 366 g/mol. The van der Waals surface area contributed by atoms with E-state index in [1.807, 2.05) is 25.1 Å². The van der Waals surface area contributed by atoms with Gasteiger partial charge in [0.25, 0.3) is 15.9 Å². The van der Waals surface area contributed by atoms with Gasteiger partial charge in [0.15, 0.2) is 0 Å². The van der Waals surface area contributed by atoms with E-state index in [9.17, 15) is 13.2 Å². The molecule has 0 aliphatic heterocycles. The van der Waals surface area contributed by atoms with Gasteiger partial charge >= 0.3 is 0 Å². The van der Waals surface area contributed by atoms with Crippen molar-refractivity contribution < 1.29 is 13.2 Å². The second-order valence-corrected chi connectivity index (χ2v) is 7.50. The Kier molecular flexibility index (Phi) is 5.04. The first kappa shape index (κ1) is 17.7. The molecule has 0 saturated heterocycles. The topological polar surface area (TPSA) is 75.3 Å². The summed E-state index contributed by atoms with van der Waals surface area (Å²) in [5, 5.41) is 2.74. The third-order valence-corrected chi connectivity index (χ3v) is 5.16. The van der Waals surface area contributed by atoms with Crippen LogP contribution in [0.4, 0.5) is 11.4 Å². The number of benzene rings is 3. The van der Waals surface area contributed by atoms with Gasteiger partial charge in [0.05, 0.1) is 4.90 Å². The fourth-order valence-electron chi connectivity index (χ4n) is 2.35. The molecule has 132 valence electrons. The van der Waals surface area contributed by atoms with Gasteiger partial charge in [-0.1, -0.05) is 35.9 Å². The smallest absolute Gasteiger partial charge is 0.261 e. The van der Waals surface area contributed by atoms with Gasteiger partial charge in [-0.25, -0.2) is 8.42 Å². The lowest BCUT2D eigenvalue weighted by molar-refractivity contribution is 0.102. The molecule has 5 nitrogen and oxygen atoms in total. The van der Waals surface area contributed by atoms with Crippen molar-refractivity contribution in [1.82, 2.24) is 0 Å². The minimum Gasteiger partial charge on any atom is -0.322 e. The quantitative estimate of drug-likeness (QED) is 0.715. The lowest BCUT2D eigenvalue weighted by Crippen LogP contribution is -2.14. The number of rotatable bonds is 5. The minimum atomic E-state index is -3.69. The minimum absolute atomic E-state index is 0.121. The molecule has 0 radical (unpaired) electrons. The molecule has 0 bridgehead atoms. The molecular weight excluding hydrogens is 348 g/mol. The number of carbonyl (C=O) groups excluding carboxylic acids is 1. The van der Waals surface area contributed by atoms with E-state index in [0.717, 1.165) is 5.56 Å². The molecule has 0 unspecified atom stereocenters. The van der Waals surface area contributed by atoms with Crippen molar-refractivity contribution in [2.24, 2.45) is 0 Å².